The number of halogens is 1. The third-order valence-corrected chi connectivity index (χ3v) is 4.32. The molecule has 0 aliphatic heterocycles. The van der Waals surface area contributed by atoms with Gasteiger partial charge in [-0.15, -0.1) is 22.6 Å². The number of carbonyl (C=O) groups is 1. The van der Waals surface area contributed by atoms with Crippen molar-refractivity contribution in [2.75, 3.05) is 6.54 Å². The molecule has 1 aromatic heterocycles. The second kappa shape index (κ2) is 8.75. The van der Waals surface area contributed by atoms with Crippen molar-refractivity contribution in [3.05, 3.63) is 30.3 Å². The number of nitrogens with one attached hydrogen (secondary N) is 1. The Balaban J connectivity index is 0.00000288. The molecule has 8 heteroatoms. The largest absolute Gasteiger partial charge is 0.348 e. The van der Waals surface area contributed by atoms with Crippen molar-refractivity contribution >= 4 is 18.3 Å². The number of aromatic nitrogens is 4. The van der Waals surface area contributed by atoms with Crippen LogP contribution in [-0.4, -0.2) is 38.2 Å². The van der Waals surface area contributed by atoms with E-state index in [2.05, 4.69) is 20.7 Å². The van der Waals surface area contributed by atoms with E-state index in [1.807, 2.05) is 44.2 Å². The molecule has 0 spiro atoms. The van der Waals surface area contributed by atoms with Crippen LogP contribution in [0.5, 0.6) is 0 Å². The average Bonchev–Trinajstić information content (AvgIpc) is 3.10. The van der Waals surface area contributed by atoms with Crippen LogP contribution in [0.2, 0.25) is 0 Å². The third-order valence-electron chi connectivity index (χ3n) is 4.32. The molecule has 24 heavy (non-hydrogen) atoms. The SMILES string of the molecule is CCC(CC)(CN)NC(=O)C(C)n1nnc(-c2ccccc2)n1.Cl. The Morgan fingerprint density at radius 2 is 1.92 bits per heavy atom. The van der Waals surface area contributed by atoms with Gasteiger partial charge in [0.1, 0.15) is 6.04 Å². The number of nitrogens with zero attached hydrogens (tertiary/aromatic N) is 4. The van der Waals surface area contributed by atoms with Gasteiger partial charge in [0, 0.05) is 12.1 Å². The van der Waals surface area contributed by atoms with Crippen molar-refractivity contribution in [3.8, 4) is 11.4 Å². The summed E-state index contributed by atoms with van der Waals surface area (Å²) in [7, 11) is 0. The summed E-state index contributed by atoms with van der Waals surface area (Å²) in [6, 6.07) is 8.99. The van der Waals surface area contributed by atoms with E-state index in [0.717, 1.165) is 18.4 Å². The quantitative estimate of drug-likeness (QED) is 0.793. The lowest BCUT2D eigenvalue weighted by Crippen LogP contribution is -2.54. The molecule has 0 fully saturated rings. The highest BCUT2D eigenvalue weighted by atomic mass is 35.5. The van der Waals surface area contributed by atoms with Crippen LogP contribution in [0.15, 0.2) is 30.3 Å². The highest BCUT2D eigenvalue weighted by Crippen LogP contribution is 2.16. The van der Waals surface area contributed by atoms with Crippen LogP contribution in [0.25, 0.3) is 11.4 Å². The summed E-state index contributed by atoms with van der Waals surface area (Å²) in [5, 5.41) is 15.4. The van der Waals surface area contributed by atoms with Gasteiger partial charge in [0.2, 0.25) is 11.7 Å². The van der Waals surface area contributed by atoms with E-state index >= 15 is 0 Å². The van der Waals surface area contributed by atoms with Crippen LogP contribution in [0.1, 0.15) is 39.7 Å². The van der Waals surface area contributed by atoms with Crippen molar-refractivity contribution in [1.29, 1.82) is 0 Å². The number of hydrogen-bond acceptors (Lipinski definition) is 5. The second-order valence-electron chi connectivity index (χ2n) is 5.66. The van der Waals surface area contributed by atoms with E-state index in [1.54, 1.807) is 6.92 Å². The van der Waals surface area contributed by atoms with Crippen LogP contribution >= 0.6 is 12.4 Å². The molecule has 0 saturated carbocycles. The number of benzene rings is 1. The maximum absolute atomic E-state index is 12.5. The Hall–Kier alpha value is -1.99. The molecule has 2 rings (SSSR count). The normalized spacial score (nSPS) is 12.3. The maximum Gasteiger partial charge on any atom is 0.246 e. The summed E-state index contributed by atoms with van der Waals surface area (Å²) < 4.78 is 0. The van der Waals surface area contributed by atoms with Gasteiger partial charge in [-0.25, -0.2) is 0 Å². The van der Waals surface area contributed by atoms with Gasteiger partial charge in [-0.3, -0.25) is 4.79 Å². The van der Waals surface area contributed by atoms with Crippen molar-refractivity contribution in [3.63, 3.8) is 0 Å². The highest BCUT2D eigenvalue weighted by Gasteiger charge is 2.29. The van der Waals surface area contributed by atoms with E-state index < -0.39 is 6.04 Å². The molecule has 0 aliphatic rings. The van der Waals surface area contributed by atoms with Crippen LogP contribution < -0.4 is 11.1 Å². The van der Waals surface area contributed by atoms with Crippen molar-refractivity contribution in [2.24, 2.45) is 5.73 Å². The third kappa shape index (κ3) is 4.30. The molecule has 1 aromatic carbocycles. The highest BCUT2D eigenvalue weighted by molar-refractivity contribution is 5.85. The van der Waals surface area contributed by atoms with E-state index in [-0.39, 0.29) is 23.9 Å². The van der Waals surface area contributed by atoms with Crippen molar-refractivity contribution in [2.45, 2.75) is 45.2 Å². The molecule has 0 saturated heterocycles. The summed E-state index contributed by atoms with van der Waals surface area (Å²) in [5.74, 6) is 0.345. The minimum atomic E-state index is -0.552. The summed E-state index contributed by atoms with van der Waals surface area (Å²) in [5.41, 5.74) is 6.32. The fourth-order valence-corrected chi connectivity index (χ4v) is 2.33. The van der Waals surface area contributed by atoms with E-state index in [1.165, 1.54) is 4.80 Å². The first-order chi connectivity index (χ1) is 11.0. The molecule has 0 radical (unpaired) electrons. The summed E-state index contributed by atoms with van der Waals surface area (Å²) in [6.07, 6.45) is 1.55. The molecule has 1 heterocycles. The number of rotatable bonds is 7. The standard InChI is InChI=1S/C16H24N6O.ClH/c1-4-16(5-2,11-17)18-15(23)12(3)22-20-14(19-21-22)13-9-7-6-8-10-13;/h6-10,12H,4-5,11,17H2,1-3H3,(H,18,23);1H. The molecule has 2 aromatic rings. The van der Waals surface area contributed by atoms with Gasteiger partial charge < -0.3 is 11.1 Å². The molecule has 7 nitrogen and oxygen atoms in total. The predicted octanol–water partition coefficient (Wildman–Crippen LogP) is 1.96. The topological polar surface area (TPSA) is 98.7 Å². The fraction of sp³-hybridized carbons (Fsp3) is 0.500. The van der Waals surface area contributed by atoms with Gasteiger partial charge in [-0.2, -0.15) is 4.80 Å². The van der Waals surface area contributed by atoms with Gasteiger partial charge in [-0.1, -0.05) is 44.2 Å². The van der Waals surface area contributed by atoms with E-state index in [9.17, 15) is 4.79 Å². The molecule has 0 aliphatic carbocycles. The number of carbonyl (C=O) groups excluding carboxylic acids is 1. The van der Waals surface area contributed by atoms with Crippen LogP contribution in [0.3, 0.4) is 0 Å². The van der Waals surface area contributed by atoms with Gasteiger partial charge in [-0.05, 0) is 25.0 Å². The van der Waals surface area contributed by atoms with Crippen molar-refractivity contribution < 1.29 is 4.79 Å². The van der Waals surface area contributed by atoms with Crippen molar-refractivity contribution in [1.82, 2.24) is 25.5 Å². The number of amides is 1. The van der Waals surface area contributed by atoms with Crippen LogP contribution in [0, 0.1) is 0 Å². The monoisotopic (exact) mass is 352 g/mol. The van der Waals surface area contributed by atoms with E-state index in [4.69, 9.17) is 5.73 Å². The first kappa shape index (κ1) is 20.1. The molecule has 1 atom stereocenters. The molecule has 0 bridgehead atoms. The minimum absolute atomic E-state index is 0. The zero-order valence-electron chi connectivity index (χ0n) is 14.3. The van der Waals surface area contributed by atoms with Gasteiger partial charge in [0.05, 0.1) is 5.54 Å². The summed E-state index contributed by atoms with van der Waals surface area (Å²) >= 11 is 0. The molecular formula is C16H25ClN6O. The Bertz CT molecular complexity index is 633. The molecular weight excluding hydrogens is 328 g/mol. The Morgan fingerprint density at radius 3 is 2.46 bits per heavy atom. The predicted molar refractivity (Wildman–Crippen MR) is 95.7 cm³/mol. The first-order valence-corrected chi connectivity index (χ1v) is 7.92. The zero-order chi connectivity index (χ0) is 16.9. The molecule has 3 N–H and O–H groups in total. The number of hydrogen-bond donors (Lipinski definition) is 2. The molecule has 132 valence electrons. The smallest absolute Gasteiger partial charge is 0.246 e. The molecule has 1 unspecified atom stereocenters. The van der Waals surface area contributed by atoms with Gasteiger partial charge in [0.25, 0.3) is 0 Å². The fourth-order valence-electron chi connectivity index (χ4n) is 2.33. The summed E-state index contributed by atoms with van der Waals surface area (Å²) in [4.78, 5) is 13.8. The average molecular weight is 353 g/mol. The van der Waals surface area contributed by atoms with E-state index in [0.29, 0.717) is 12.4 Å². The zero-order valence-corrected chi connectivity index (χ0v) is 15.1. The molecule has 1 amide bonds. The first-order valence-electron chi connectivity index (χ1n) is 7.92. The Kier molecular flexibility index (Phi) is 7.31. The number of tetrazole rings is 1. The Morgan fingerprint density at radius 1 is 1.29 bits per heavy atom. The second-order valence-corrected chi connectivity index (χ2v) is 5.66. The van der Waals surface area contributed by atoms with Crippen LogP contribution in [-0.2, 0) is 4.79 Å². The van der Waals surface area contributed by atoms with Gasteiger partial charge >= 0.3 is 0 Å². The number of nitrogens with two attached hydrogens (primary N) is 1. The minimum Gasteiger partial charge on any atom is -0.348 e. The summed E-state index contributed by atoms with van der Waals surface area (Å²) in [6.45, 7) is 6.18. The van der Waals surface area contributed by atoms with Crippen LogP contribution in [0.4, 0.5) is 0 Å². The lowest BCUT2D eigenvalue weighted by Gasteiger charge is -2.32. The van der Waals surface area contributed by atoms with Gasteiger partial charge in [0.15, 0.2) is 0 Å². The lowest BCUT2D eigenvalue weighted by atomic mass is 9.92. The lowest BCUT2D eigenvalue weighted by molar-refractivity contribution is -0.126. The maximum atomic E-state index is 12.5. The Labute approximate surface area is 148 Å².